The predicted octanol–water partition coefficient (Wildman–Crippen LogP) is 4.52. The molecular weight excluding hydrogens is 395 g/mol. The van der Waals surface area contributed by atoms with Crippen LogP contribution in [0.2, 0.25) is 0 Å². The molecule has 10 heteroatoms. The predicted molar refractivity (Wildman–Crippen MR) is 108 cm³/mol. The third kappa shape index (κ3) is 4.32. The summed E-state index contributed by atoms with van der Waals surface area (Å²) < 4.78 is 14.7. The van der Waals surface area contributed by atoms with Crippen molar-refractivity contribution in [1.82, 2.24) is 19.6 Å². The molecule has 4 rings (SSSR count). The van der Waals surface area contributed by atoms with Gasteiger partial charge in [0.25, 0.3) is 11.5 Å². The highest BCUT2D eigenvalue weighted by atomic mass is 32.2. The lowest BCUT2D eigenvalue weighted by Crippen LogP contribution is -2.02. The fourth-order valence-electron chi connectivity index (χ4n) is 2.66. The van der Waals surface area contributed by atoms with Crippen molar-refractivity contribution in [2.45, 2.75) is 17.8 Å². The van der Waals surface area contributed by atoms with Crippen molar-refractivity contribution in [3.63, 3.8) is 0 Å². The molecule has 0 saturated carbocycles. The van der Waals surface area contributed by atoms with E-state index < -0.39 is 4.92 Å². The highest BCUT2D eigenvalue weighted by Gasteiger charge is 2.12. The van der Waals surface area contributed by atoms with Gasteiger partial charge in [-0.05, 0) is 36.8 Å². The van der Waals surface area contributed by atoms with Crippen LogP contribution in [0.3, 0.4) is 0 Å². The number of nitro groups is 1. The molecule has 0 radical (unpaired) electrons. The number of benzene rings is 2. The van der Waals surface area contributed by atoms with Crippen molar-refractivity contribution >= 4 is 34.7 Å². The van der Waals surface area contributed by atoms with Crippen molar-refractivity contribution in [3.05, 3.63) is 81.8 Å². The normalized spacial score (nSPS) is 11.0. The topological polar surface area (TPSA) is 98.2 Å². The largest absolute Gasteiger partial charge is 0.340 e. The molecule has 2 heterocycles. The Balaban J connectivity index is 1.55. The molecule has 1 N–H and O–H groups in total. The SMILES string of the molecule is Cc1cc(Nc2ccc(F)cc2)n2nc(SCc3ccc([N+](=O)[O-])cc3)nc2n1. The van der Waals surface area contributed by atoms with Crippen molar-refractivity contribution in [2.75, 3.05) is 5.32 Å². The van der Waals surface area contributed by atoms with Gasteiger partial charge in [0.2, 0.25) is 5.16 Å². The van der Waals surface area contributed by atoms with Gasteiger partial charge in [-0.2, -0.15) is 9.50 Å². The van der Waals surface area contributed by atoms with Gasteiger partial charge in [-0.3, -0.25) is 10.1 Å². The Labute approximate surface area is 169 Å². The van der Waals surface area contributed by atoms with E-state index in [1.54, 1.807) is 28.8 Å². The molecule has 8 nitrogen and oxygen atoms in total. The zero-order valence-electron chi connectivity index (χ0n) is 15.2. The molecule has 29 heavy (non-hydrogen) atoms. The first-order valence-corrected chi connectivity index (χ1v) is 9.60. The number of fused-ring (bicyclic) bond motifs is 1. The molecule has 4 aromatic rings. The van der Waals surface area contributed by atoms with Crippen LogP contribution in [0.15, 0.2) is 59.8 Å². The number of aromatic nitrogens is 4. The molecule has 0 saturated heterocycles. The maximum absolute atomic E-state index is 13.1. The summed E-state index contributed by atoms with van der Waals surface area (Å²) in [6, 6.07) is 14.2. The lowest BCUT2D eigenvalue weighted by molar-refractivity contribution is -0.384. The maximum Gasteiger partial charge on any atom is 0.269 e. The van der Waals surface area contributed by atoms with Gasteiger partial charge in [0, 0.05) is 35.3 Å². The molecule has 2 aromatic carbocycles. The summed E-state index contributed by atoms with van der Waals surface area (Å²) in [4.78, 5) is 19.2. The first-order valence-electron chi connectivity index (χ1n) is 8.61. The number of halogens is 1. The van der Waals surface area contributed by atoms with Crippen molar-refractivity contribution in [3.8, 4) is 0 Å². The highest BCUT2D eigenvalue weighted by Crippen LogP contribution is 2.24. The molecule has 0 bridgehead atoms. The summed E-state index contributed by atoms with van der Waals surface area (Å²) in [5.74, 6) is 1.36. The third-order valence-corrected chi connectivity index (χ3v) is 4.96. The van der Waals surface area contributed by atoms with Crippen LogP contribution >= 0.6 is 11.8 Å². The number of nitro benzene ring substituents is 1. The summed E-state index contributed by atoms with van der Waals surface area (Å²) in [6.07, 6.45) is 0. The highest BCUT2D eigenvalue weighted by molar-refractivity contribution is 7.98. The lowest BCUT2D eigenvalue weighted by Gasteiger charge is -2.08. The first kappa shape index (κ1) is 18.8. The van der Waals surface area contributed by atoms with Crippen LogP contribution < -0.4 is 5.32 Å². The van der Waals surface area contributed by atoms with Crippen LogP contribution in [-0.2, 0) is 5.75 Å². The Kier molecular flexibility index (Phi) is 5.09. The summed E-state index contributed by atoms with van der Waals surface area (Å²) in [6.45, 7) is 1.86. The van der Waals surface area contributed by atoms with Crippen LogP contribution in [0.1, 0.15) is 11.3 Å². The Morgan fingerprint density at radius 3 is 2.55 bits per heavy atom. The molecule has 146 valence electrons. The van der Waals surface area contributed by atoms with E-state index in [0.717, 1.165) is 11.3 Å². The molecule has 2 aromatic heterocycles. The fourth-order valence-corrected chi connectivity index (χ4v) is 3.44. The minimum atomic E-state index is -0.426. The zero-order valence-corrected chi connectivity index (χ0v) is 16.1. The molecule has 0 amide bonds. The van der Waals surface area contributed by atoms with Crippen LogP contribution in [0, 0.1) is 22.9 Å². The molecule has 0 aliphatic rings. The van der Waals surface area contributed by atoms with E-state index in [2.05, 4.69) is 20.4 Å². The molecule has 0 unspecified atom stereocenters. The third-order valence-electron chi connectivity index (χ3n) is 4.05. The van der Waals surface area contributed by atoms with E-state index in [4.69, 9.17) is 0 Å². The molecule has 0 spiro atoms. The summed E-state index contributed by atoms with van der Waals surface area (Å²) in [7, 11) is 0. The number of nitrogens with one attached hydrogen (secondary N) is 1. The Morgan fingerprint density at radius 2 is 1.86 bits per heavy atom. The van der Waals surface area contributed by atoms with E-state index in [0.29, 0.717) is 28.2 Å². The van der Waals surface area contributed by atoms with Gasteiger partial charge in [-0.1, -0.05) is 23.9 Å². The van der Waals surface area contributed by atoms with E-state index in [9.17, 15) is 14.5 Å². The minimum Gasteiger partial charge on any atom is -0.340 e. The minimum absolute atomic E-state index is 0.0563. The van der Waals surface area contributed by atoms with Crippen LogP contribution in [-0.4, -0.2) is 24.5 Å². The maximum atomic E-state index is 13.1. The van der Waals surface area contributed by atoms with E-state index in [1.165, 1.54) is 36.0 Å². The van der Waals surface area contributed by atoms with Crippen LogP contribution in [0.4, 0.5) is 21.6 Å². The smallest absolute Gasteiger partial charge is 0.269 e. The average molecular weight is 410 g/mol. The number of nitrogens with zero attached hydrogens (tertiary/aromatic N) is 5. The number of hydrogen-bond acceptors (Lipinski definition) is 7. The second kappa shape index (κ2) is 7.84. The second-order valence-corrected chi connectivity index (χ2v) is 7.18. The number of aryl methyl sites for hydroxylation is 1. The Morgan fingerprint density at radius 1 is 1.14 bits per heavy atom. The van der Waals surface area contributed by atoms with E-state index >= 15 is 0 Å². The van der Waals surface area contributed by atoms with E-state index in [-0.39, 0.29) is 11.5 Å². The standard InChI is InChI=1S/C19H15FN6O2S/c1-12-10-17(22-15-6-4-14(20)5-7-15)25-18(21-12)23-19(24-25)29-11-13-2-8-16(9-3-13)26(27)28/h2-10,22H,11H2,1H3. The number of anilines is 2. The zero-order chi connectivity index (χ0) is 20.4. The second-order valence-electron chi connectivity index (χ2n) is 6.23. The molecular formula is C19H15FN6O2S. The first-order chi connectivity index (χ1) is 14.0. The number of thioether (sulfide) groups is 1. The van der Waals surface area contributed by atoms with Crippen molar-refractivity contribution in [2.24, 2.45) is 0 Å². The Hall–Kier alpha value is -3.53. The monoisotopic (exact) mass is 410 g/mol. The number of rotatable bonds is 6. The van der Waals surface area contributed by atoms with E-state index in [1.807, 2.05) is 13.0 Å². The van der Waals surface area contributed by atoms with Gasteiger partial charge < -0.3 is 5.32 Å². The van der Waals surface area contributed by atoms with Crippen LogP contribution in [0.25, 0.3) is 5.78 Å². The molecule has 0 aliphatic heterocycles. The van der Waals surface area contributed by atoms with Gasteiger partial charge in [0.15, 0.2) is 0 Å². The Bertz CT molecular complexity index is 1180. The summed E-state index contributed by atoms with van der Waals surface area (Å²) in [5, 5.41) is 19.0. The molecule has 0 fully saturated rings. The van der Waals surface area contributed by atoms with Gasteiger partial charge in [0.05, 0.1) is 4.92 Å². The van der Waals surface area contributed by atoms with Gasteiger partial charge in [-0.15, -0.1) is 5.10 Å². The summed E-state index contributed by atoms with van der Waals surface area (Å²) >= 11 is 1.41. The van der Waals surface area contributed by atoms with Gasteiger partial charge in [0.1, 0.15) is 11.6 Å². The van der Waals surface area contributed by atoms with Crippen molar-refractivity contribution < 1.29 is 9.31 Å². The average Bonchev–Trinajstić information content (AvgIpc) is 3.11. The molecule has 0 atom stereocenters. The van der Waals surface area contributed by atoms with Gasteiger partial charge >= 0.3 is 0 Å². The van der Waals surface area contributed by atoms with Crippen LogP contribution in [0.5, 0.6) is 0 Å². The van der Waals surface area contributed by atoms with Gasteiger partial charge in [-0.25, -0.2) is 9.37 Å². The fraction of sp³-hybridized carbons (Fsp3) is 0.105. The quantitative estimate of drug-likeness (QED) is 0.283. The van der Waals surface area contributed by atoms with Crippen molar-refractivity contribution in [1.29, 1.82) is 0 Å². The number of hydrogen-bond donors (Lipinski definition) is 1. The molecule has 0 aliphatic carbocycles. The lowest BCUT2D eigenvalue weighted by atomic mass is 10.2. The number of non-ortho nitro benzene ring substituents is 1. The summed E-state index contributed by atoms with van der Waals surface area (Å²) in [5.41, 5.74) is 2.46.